The lowest BCUT2D eigenvalue weighted by atomic mass is 9.73. The Morgan fingerprint density at radius 3 is 1.90 bits per heavy atom. The predicted octanol–water partition coefficient (Wildman–Crippen LogP) is 1.81. The molecule has 0 radical (unpaired) electrons. The van der Waals surface area contributed by atoms with Gasteiger partial charge in [0.2, 0.25) is 53.4 Å². The van der Waals surface area contributed by atoms with Gasteiger partial charge in [0.05, 0.1) is 41.3 Å². The number of primary amides is 1. The standard InChI is InChI=1S/C70H83Cl2N9O23/c1-26(2)14-39(74-7)62(92)79-53-55(87)30-9-12-43(37(71)17-30)101-45-19-32-20-46(59(45)104-69-60(58(90)57(89)47(25-82)103-69)100-34-15-28(5)61(91)70(6,24-34)81-27(3)4)102-44-13-10-31(18-38(44)72)56(88)54-67(97)78-52(68(98)99)36-21-33(83)22-42(85)49(36)35-16-29(8-11-41(35)84)50(64(94)80-54)77-65(95)51(32)76-63(93)40(23-48(73)86)75-66(53)96/h8-13,16-22,26-28,34,39-40,47,50-58,60-61,69,74,81-85,87-91H,14-15,23-25H2,1-7H3,(H2,73,86)(H,75,96)(H,76,93)(H,77,95)(H,78,97)(H,79,92)(H,80,94)(H,98,99)/t28?,34?,39-,40+,47?,50-,51-,52+,53-,54+,55-,56-,57?,58?,60?,61?,69?,70?/m1/s1. The fraction of sp³-hybridized carbons (Fsp3) is 0.457. The van der Waals surface area contributed by atoms with Crippen molar-refractivity contribution >= 4 is 70.5 Å². The van der Waals surface area contributed by atoms with Gasteiger partial charge in [0, 0.05) is 34.3 Å². The third-order valence-electron chi connectivity index (χ3n) is 18.8. The fourth-order valence-electron chi connectivity index (χ4n) is 13.8. The van der Waals surface area contributed by atoms with Crippen molar-refractivity contribution in [2.45, 2.75) is 176 Å². The lowest BCUT2D eigenvalue weighted by molar-refractivity contribution is -0.299. The molecule has 9 unspecified atom stereocenters. The third-order valence-corrected chi connectivity index (χ3v) is 19.4. The van der Waals surface area contributed by atoms with Crippen LogP contribution >= 0.6 is 23.2 Å². The van der Waals surface area contributed by atoms with Gasteiger partial charge in [-0.25, -0.2) is 4.79 Å². The van der Waals surface area contributed by atoms with Crippen molar-refractivity contribution in [3.05, 3.63) is 117 Å². The molecular weight excluding hydrogens is 1410 g/mol. The molecule has 34 heteroatoms. The number of likely N-dealkylation sites (N-methyl/N-ethyl adjacent to an activating group) is 1. The number of rotatable bonds is 15. The number of nitrogens with two attached hydrogens (primary N) is 1. The van der Waals surface area contributed by atoms with Gasteiger partial charge in [0.1, 0.15) is 95.6 Å². The molecule has 1 saturated carbocycles. The lowest BCUT2D eigenvalue weighted by Crippen LogP contribution is -2.64. The molecule has 20 N–H and O–H groups in total. The Hall–Kier alpha value is -9.16. The van der Waals surface area contributed by atoms with Crippen molar-refractivity contribution in [1.29, 1.82) is 0 Å². The van der Waals surface area contributed by atoms with Crippen LogP contribution in [0.1, 0.15) is 125 Å². The maximum absolute atomic E-state index is 16.1. The van der Waals surface area contributed by atoms with Crippen LogP contribution in [0.25, 0.3) is 11.1 Å². The summed E-state index contributed by atoms with van der Waals surface area (Å²) in [7, 11) is 1.48. The summed E-state index contributed by atoms with van der Waals surface area (Å²) in [4.78, 5) is 117. The number of aliphatic carboxylic acids is 1. The van der Waals surface area contributed by atoms with E-state index in [4.69, 9.17) is 52.6 Å². The molecule has 0 spiro atoms. The Morgan fingerprint density at radius 2 is 1.32 bits per heavy atom. The van der Waals surface area contributed by atoms with Gasteiger partial charge in [0.15, 0.2) is 17.5 Å². The van der Waals surface area contributed by atoms with Crippen molar-refractivity contribution in [2.24, 2.45) is 17.6 Å². The number of aliphatic hydroxyl groups excluding tert-OH is 6. The summed E-state index contributed by atoms with van der Waals surface area (Å²) in [5.74, 6) is -16.1. The maximum Gasteiger partial charge on any atom is 0.330 e. The molecule has 6 aliphatic heterocycles. The van der Waals surface area contributed by atoms with Crippen LogP contribution in [0.15, 0.2) is 78.9 Å². The minimum atomic E-state index is -2.33. The van der Waals surface area contributed by atoms with Gasteiger partial charge in [-0.3, -0.25) is 33.6 Å². The molecule has 12 rings (SSSR count). The van der Waals surface area contributed by atoms with Crippen molar-refractivity contribution in [3.8, 4) is 57.1 Å². The Bertz CT molecular complexity index is 4150. The Balaban J connectivity index is 1.24. The highest BCUT2D eigenvalue weighted by molar-refractivity contribution is 6.32. The van der Waals surface area contributed by atoms with Crippen LogP contribution in [-0.4, -0.2) is 191 Å². The van der Waals surface area contributed by atoms with Crippen LogP contribution in [0.5, 0.6) is 46.0 Å². The summed E-state index contributed by atoms with van der Waals surface area (Å²) in [5.41, 5.74) is 2.03. The minimum absolute atomic E-state index is 0.0917. The van der Waals surface area contributed by atoms with Crippen LogP contribution < -0.4 is 62.5 Å². The van der Waals surface area contributed by atoms with Crippen LogP contribution in [0.3, 0.4) is 0 Å². The fourth-order valence-corrected chi connectivity index (χ4v) is 14.3. The molecule has 11 bridgehead atoms. The molecule has 32 nitrogen and oxygen atoms in total. The van der Waals surface area contributed by atoms with E-state index in [0.717, 1.165) is 60.7 Å². The molecule has 5 aromatic rings. The Labute approximate surface area is 604 Å². The second-order valence-electron chi connectivity index (χ2n) is 27.5. The van der Waals surface area contributed by atoms with Crippen molar-refractivity contribution in [2.75, 3.05) is 13.7 Å². The number of aromatic hydroxyl groups is 3. The maximum atomic E-state index is 16.1. The topological polar surface area (TPSA) is 507 Å². The average molecular weight is 1490 g/mol. The van der Waals surface area contributed by atoms with Crippen molar-refractivity contribution in [1.82, 2.24) is 42.5 Å². The van der Waals surface area contributed by atoms with Gasteiger partial charge in [-0.2, -0.15) is 0 Å². The molecule has 2 fully saturated rings. The van der Waals surface area contributed by atoms with Crippen LogP contribution in [-0.2, 0) is 47.8 Å². The largest absolute Gasteiger partial charge is 0.508 e. The number of ether oxygens (including phenoxy) is 5. The number of benzene rings is 5. The van der Waals surface area contributed by atoms with E-state index in [1.54, 1.807) is 13.8 Å². The first-order valence-corrected chi connectivity index (χ1v) is 34.1. The van der Waals surface area contributed by atoms with E-state index in [9.17, 15) is 75.0 Å². The molecule has 0 aromatic heterocycles. The number of phenols is 3. The summed E-state index contributed by atoms with van der Waals surface area (Å²) < 4.78 is 33.2. The average Bonchev–Trinajstić information content (AvgIpc) is 0.768. The quantitative estimate of drug-likeness (QED) is 0.0710. The van der Waals surface area contributed by atoms with Crippen LogP contribution in [0.4, 0.5) is 0 Å². The number of halogens is 2. The summed E-state index contributed by atoms with van der Waals surface area (Å²) in [5, 5.41) is 135. The molecule has 1 saturated heterocycles. The van der Waals surface area contributed by atoms with Crippen LogP contribution in [0.2, 0.25) is 10.0 Å². The van der Waals surface area contributed by atoms with E-state index in [1.165, 1.54) is 25.2 Å². The highest BCUT2D eigenvalue weighted by atomic mass is 35.5. The second kappa shape index (κ2) is 31.7. The van der Waals surface area contributed by atoms with Crippen LogP contribution in [0, 0.1) is 11.8 Å². The summed E-state index contributed by atoms with van der Waals surface area (Å²) in [6.07, 6.45) is -15.6. The van der Waals surface area contributed by atoms with Gasteiger partial charge >= 0.3 is 5.97 Å². The summed E-state index contributed by atoms with van der Waals surface area (Å²) in [6.45, 7) is 10.1. The molecule has 18 atom stereocenters. The van der Waals surface area contributed by atoms with Gasteiger partial charge in [-0.15, -0.1) is 0 Å². The first kappa shape index (κ1) is 77.5. The van der Waals surface area contributed by atoms with Gasteiger partial charge in [0.25, 0.3) is 0 Å². The van der Waals surface area contributed by atoms with Gasteiger partial charge in [-0.1, -0.05) is 76.0 Å². The highest BCUT2D eigenvalue weighted by Gasteiger charge is 2.52. The number of fused-ring (bicyclic) bond motifs is 15. The number of nitrogens with one attached hydrogen (secondary N) is 8. The first-order valence-electron chi connectivity index (χ1n) is 33.4. The SMILES string of the molecule is CN[C@H](CC(C)C)C(=O)N[C@H]1C(=O)N[C@@H](CC(N)=O)C(=O)N[C@H]2C(=O)N[C@H]3C(=O)N[C@H](C(=O)N[C@H](C(=O)O)c4cc(O)cc(O)c4-c4cc3ccc4O)[C@H](O)c3ccc(c(Cl)c3)Oc3cc2cc(c3OC2OC(CO)C(O)C(O)C2OC2CC(C)C(O)C(C)(NC(C)C)C2)Oc2ccc(cc2Cl)[C@H]1O. The molecule has 6 heterocycles. The van der Waals surface area contributed by atoms with E-state index in [1.807, 2.05) is 27.7 Å². The number of phenolic OH excluding ortho intramolecular Hbond substituents is 3. The Kier molecular flexibility index (Phi) is 23.6. The van der Waals surface area contributed by atoms with E-state index in [0.29, 0.717) is 0 Å². The monoisotopic (exact) mass is 1490 g/mol. The normalized spacial score (nSPS) is 29.0. The van der Waals surface area contributed by atoms with E-state index in [-0.39, 0.29) is 64.4 Å². The molecule has 1 aliphatic carbocycles. The highest BCUT2D eigenvalue weighted by Crippen LogP contribution is 2.50. The number of carboxylic acid groups (broad SMARTS) is 1. The van der Waals surface area contributed by atoms with E-state index < -0.39 is 231 Å². The Morgan fingerprint density at radius 1 is 0.712 bits per heavy atom. The van der Waals surface area contributed by atoms with Gasteiger partial charge in [-0.05, 0) is 122 Å². The second-order valence-corrected chi connectivity index (χ2v) is 28.3. The summed E-state index contributed by atoms with van der Waals surface area (Å²) in [6, 6.07) is -0.445. The number of carbonyl (C=O) groups excluding carboxylic acids is 7. The molecule has 5 aromatic carbocycles. The van der Waals surface area contributed by atoms with E-state index >= 15 is 14.4 Å². The molecule has 560 valence electrons. The predicted molar refractivity (Wildman–Crippen MR) is 367 cm³/mol. The zero-order valence-electron chi connectivity index (χ0n) is 57.1. The number of amides is 7. The van der Waals surface area contributed by atoms with Crippen molar-refractivity contribution < 1.29 is 113 Å². The number of aliphatic hydroxyl groups is 6. The smallest absolute Gasteiger partial charge is 0.330 e. The zero-order chi connectivity index (χ0) is 75.8. The molecule has 7 amide bonds. The van der Waals surface area contributed by atoms with Crippen molar-refractivity contribution in [3.63, 3.8) is 0 Å². The number of hydrogen-bond donors (Lipinski definition) is 19. The summed E-state index contributed by atoms with van der Waals surface area (Å²) >= 11 is 14.2. The molecule has 7 aliphatic rings. The number of hydrogen-bond acceptors (Lipinski definition) is 24. The van der Waals surface area contributed by atoms with E-state index in [2.05, 4.69) is 42.5 Å². The number of carboxylic acids is 1. The molecular formula is C70H83Cl2N9O23. The lowest BCUT2D eigenvalue weighted by Gasteiger charge is -2.49. The molecule has 104 heavy (non-hydrogen) atoms. The zero-order valence-corrected chi connectivity index (χ0v) is 58.6. The first-order chi connectivity index (χ1) is 49.1. The van der Waals surface area contributed by atoms with Gasteiger partial charge < -0.3 is 123 Å². The minimum Gasteiger partial charge on any atom is -0.508 e. The third kappa shape index (κ3) is 16.5. The number of carbonyl (C=O) groups is 8.